The molecule has 0 heterocycles. The number of halogens is 5. The molecule has 2 nitrogen and oxygen atoms in total. The van der Waals surface area contributed by atoms with Crippen LogP contribution in [0.5, 0.6) is 0 Å². The number of esters is 1. The zero-order valence-corrected chi connectivity index (χ0v) is 17.0. The molecule has 4 aliphatic rings. The van der Waals surface area contributed by atoms with E-state index in [1.54, 1.807) is 15.9 Å². The Morgan fingerprint density at radius 1 is 1.00 bits per heavy atom. The standard InChI is InChI=1S/C20H27BrF4O2/c21-20(24,25)19(22,23)6-4-2-1-3-5-7-27-17(26)18-11-14-8-15(12-18)10-16(9-14)13-18/h4,6,14-16H,1-3,5,7-13H2. The van der Waals surface area contributed by atoms with Crippen molar-refractivity contribution in [1.82, 2.24) is 0 Å². The van der Waals surface area contributed by atoms with E-state index in [9.17, 15) is 22.4 Å². The monoisotopic (exact) mass is 454 g/mol. The van der Waals surface area contributed by atoms with Gasteiger partial charge in [-0.15, -0.1) is 0 Å². The van der Waals surface area contributed by atoms with E-state index in [1.165, 1.54) is 19.3 Å². The van der Waals surface area contributed by atoms with E-state index in [0.717, 1.165) is 25.3 Å². The summed E-state index contributed by atoms with van der Waals surface area (Å²) < 4.78 is 56.8. The Labute approximate surface area is 166 Å². The minimum absolute atomic E-state index is 0.0410. The Bertz CT molecular complexity index is 536. The predicted octanol–water partition coefficient (Wildman–Crippen LogP) is 6.49. The summed E-state index contributed by atoms with van der Waals surface area (Å²) in [6.45, 7) is 0.347. The number of carbonyl (C=O) groups excluding carboxylic acids is 1. The molecule has 4 rings (SSSR count). The van der Waals surface area contributed by atoms with Crippen LogP contribution in [0.15, 0.2) is 12.2 Å². The zero-order chi connectivity index (χ0) is 19.7. The summed E-state index contributed by atoms with van der Waals surface area (Å²) in [6, 6.07) is 0. The molecule has 0 aliphatic heterocycles. The molecule has 154 valence electrons. The number of allylic oxidation sites excluding steroid dienone is 2. The maximum Gasteiger partial charge on any atom is 0.367 e. The van der Waals surface area contributed by atoms with Crippen molar-refractivity contribution < 1.29 is 27.1 Å². The molecule has 0 aromatic heterocycles. The molecular formula is C20H27BrF4O2. The van der Waals surface area contributed by atoms with Crippen LogP contribution in [0.4, 0.5) is 17.6 Å². The van der Waals surface area contributed by atoms with Crippen LogP contribution in [0.25, 0.3) is 0 Å². The third-order valence-electron chi connectivity index (χ3n) is 6.42. The lowest BCUT2D eigenvalue weighted by Gasteiger charge is -2.55. The van der Waals surface area contributed by atoms with Crippen molar-refractivity contribution in [2.75, 3.05) is 6.61 Å². The molecule has 0 amide bonds. The first-order valence-corrected chi connectivity index (χ1v) is 10.7. The molecule has 0 saturated heterocycles. The van der Waals surface area contributed by atoms with Gasteiger partial charge in [-0.2, -0.15) is 17.6 Å². The zero-order valence-electron chi connectivity index (χ0n) is 15.4. The van der Waals surface area contributed by atoms with Crippen molar-refractivity contribution in [2.45, 2.75) is 75.0 Å². The fraction of sp³-hybridized carbons (Fsp3) is 0.850. The summed E-state index contributed by atoms with van der Waals surface area (Å²) in [5.74, 6) is -2.15. The number of alkyl halides is 5. The van der Waals surface area contributed by atoms with Crippen LogP contribution >= 0.6 is 15.9 Å². The third-order valence-corrected chi connectivity index (χ3v) is 6.95. The van der Waals surface area contributed by atoms with Crippen LogP contribution in [-0.2, 0) is 9.53 Å². The fourth-order valence-corrected chi connectivity index (χ4v) is 5.68. The first-order valence-electron chi connectivity index (χ1n) is 9.91. The third kappa shape index (κ3) is 4.88. The molecule has 0 aromatic carbocycles. The Morgan fingerprint density at radius 3 is 2.07 bits per heavy atom. The molecule has 0 radical (unpaired) electrons. The highest BCUT2D eigenvalue weighted by Crippen LogP contribution is 2.60. The summed E-state index contributed by atoms with van der Waals surface area (Å²) in [5, 5.41) is 0. The maximum atomic E-state index is 13.0. The van der Waals surface area contributed by atoms with Crippen molar-refractivity contribution in [3.63, 3.8) is 0 Å². The van der Waals surface area contributed by atoms with Gasteiger partial charge in [0.05, 0.1) is 12.0 Å². The van der Waals surface area contributed by atoms with Gasteiger partial charge < -0.3 is 4.74 Å². The van der Waals surface area contributed by atoms with Crippen LogP contribution in [0.1, 0.15) is 64.2 Å². The van der Waals surface area contributed by atoms with Gasteiger partial charge in [0, 0.05) is 0 Å². The molecular weight excluding hydrogens is 428 g/mol. The van der Waals surface area contributed by atoms with Crippen LogP contribution in [0, 0.1) is 23.2 Å². The second kappa shape index (κ2) is 8.03. The highest BCUT2D eigenvalue weighted by atomic mass is 79.9. The van der Waals surface area contributed by atoms with Crippen molar-refractivity contribution in [2.24, 2.45) is 23.2 Å². The topological polar surface area (TPSA) is 26.3 Å². The first-order chi connectivity index (χ1) is 12.6. The number of carbonyl (C=O) groups is 1. The largest absolute Gasteiger partial charge is 0.465 e. The average Bonchev–Trinajstić information content (AvgIpc) is 2.54. The van der Waals surface area contributed by atoms with Crippen LogP contribution < -0.4 is 0 Å². The van der Waals surface area contributed by atoms with Gasteiger partial charge in [0.15, 0.2) is 0 Å². The van der Waals surface area contributed by atoms with Crippen LogP contribution in [0.3, 0.4) is 0 Å². The van der Waals surface area contributed by atoms with Gasteiger partial charge in [0.25, 0.3) is 0 Å². The Hall–Kier alpha value is -0.590. The maximum absolute atomic E-state index is 13.0. The highest BCUT2D eigenvalue weighted by molar-refractivity contribution is 9.10. The van der Waals surface area contributed by atoms with Crippen molar-refractivity contribution >= 4 is 21.9 Å². The second-order valence-corrected chi connectivity index (χ2v) is 9.70. The molecule has 4 fully saturated rings. The lowest BCUT2D eigenvalue weighted by atomic mass is 9.49. The van der Waals surface area contributed by atoms with Gasteiger partial charge in [0.1, 0.15) is 0 Å². The minimum Gasteiger partial charge on any atom is -0.465 e. The second-order valence-electron chi connectivity index (χ2n) is 8.71. The number of unbranched alkanes of at least 4 members (excludes halogenated alkanes) is 3. The van der Waals surface area contributed by atoms with Gasteiger partial charge in [-0.3, -0.25) is 4.79 Å². The van der Waals surface area contributed by atoms with E-state index in [-0.39, 0.29) is 17.5 Å². The predicted molar refractivity (Wildman–Crippen MR) is 98.0 cm³/mol. The molecule has 27 heavy (non-hydrogen) atoms. The summed E-state index contributed by atoms with van der Waals surface area (Å²) in [6.07, 6.45) is 10.4. The Balaban J connectivity index is 1.31. The number of rotatable bonds is 9. The highest BCUT2D eigenvalue weighted by Gasteiger charge is 2.55. The van der Waals surface area contributed by atoms with E-state index in [0.29, 0.717) is 50.0 Å². The normalized spacial score (nSPS) is 33.0. The SMILES string of the molecule is O=C(OCCCCCC=CC(F)(F)C(F)(F)Br)C12CC3CC(CC(C3)C1)C2. The lowest BCUT2D eigenvalue weighted by molar-refractivity contribution is -0.171. The summed E-state index contributed by atoms with van der Waals surface area (Å²) in [7, 11) is 0. The van der Waals surface area contributed by atoms with Gasteiger partial charge in [-0.1, -0.05) is 6.08 Å². The lowest BCUT2D eigenvalue weighted by Crippen LogP contribution is -2.50. The average molecular weight is 455 g/mol. The number of ether oxygens (including phenoxy) is 1. The molecule has 0 aromatic rings. The molecule has 4 saturated carbocycles. The molecule has 4 aliphatic carbocycles. The van der Waals surface area contributed by atoms with Gasteiger partial charge in [-0.25, -0.2) is 0 Å². The molecule has 0 N–H and O–H groups in total. The summed E-state index contributed by atoms with van der Waals surface area (Å²) in [5.41, 5.74) is -0.246. The smallest absolute Gasteiger partial charge is 0.367 e. The van der Waals surface area contributed by atoms with Gasteiger partial charge in [0.2, 0.25) is 0 Å². The number of hydrogen-bond donors (Lipinski definition) is 0. The fourth-order valence-electron chi connectivity index (χ4n) is 5.55. The summed E-state index contributed by atoms with van der Waals surface area (Å²) in [4.78, 5) is 8.41. The van der Waals surface area contributed by atoms with E-state index in [4.69, 9.17) is 4.74 Å². The van der Waals surface area contributed by atoms with Gasteiger partial charge >= 0.3 is 16.7 Å². The van der Waals surface area contributed by atoms with Crippen LogP contribution in [0.2, 0.25) is 0 Å². The summed E-state index contributed by atoms with van der Waals surface area (Å²) >= 11 is 1.69. The molecule has 4 bridgehead atoms. The van der Waals surface area contributed by atoms with E-state index < -0.39 is 10.8 Å². The van der Waals surface area contributed by atoms with E-state index in [1.807, 2.05) is 0 Å². The number of hydrogen-bond acceptors (Lipinski definition) is 2. The van der Waals surface area contributed by atoms with Gasteiger partial charge in [-0.05, 0) is 104 Å². The molecule has 0 atom stereocenters. The Morgan fingerprint density at radius 2 is 1.56 bits per heavy atom. The first kappa shape index (κ1) is 21.1. The quantitative estimate of drug-likeness (QED) is 0.131. The molecule has 0 spiro atoms. The van der Waals surface area contributed by atoms with E-state index in [2.05, 4.69) is 0 Å². The van der Waals surface area contributed by atoms with Crippen LogP contribution in [-0.4, -0.2) is 23.3 Å². The van der Waals surface area contributed by atoms with Crippen molar-refractivity contribution in [3.8, 4) is 0 Å². The molecule has 7 heteroatoms. The molecule has 0 unspecified atom stereocenters. The van der Waals surface area contributed by atoms with E-state index >= 15 is 0 Å². The minimum atomic E-state index is -4.23. The van der Waals surface area contributed by atoms with Crippen molar-refractivity contribution in [3.05, 3.63) is 12.2 Å². The van der Waals surface area contributed by atoms with Crippen molar-refractivity contribution in [1.29, 1.82) is 0 Å². The Kier molecular flexibility index (Phi) is 6.29.